The molecule has 7 aliphatic rings. The SMILES string of the molecule is COc1cc2c(cc1OCCCCCOc1cc3c(cc1OC)C(=O)N1CC4(CC4)C[C@H]1C(O)N3C(=O)OCc1ccc(NC(=O)[C@H](C)NC(=O)[C@@H](NC(=O)CCCCNC(=O)CCC(O)N3Cc4ccccc4-c4nnn(C(C)C)c4-c4ccccc43)C(C)C)cc1)NC[C@@H]1CC3(CC3)CN1C2=O. The minimum absolute atomic E-state index is 0.0245. The molecular weight excluding hydrogens is 1330 g/mol. The predicted octanol–water partition coefficient (Wildman–Crippen LogP) is 9.72. The van der Waals surface area contributed by atoms with Gasteiger partial charge in [-0.05, 0) is 150 Å². The summed E-state index contributed by atoms with van der Waals surface area (Å²) in [5, 5.41) is 47.8. The Morgan fingerprint density at radius 2 is 1.35 bits per heavy atom. The van der Waals surface area contributed by atoms with E-state index in [9.17, 15) is 43.8 Å². The smallest absolute Gasteiger partial charge is 0.416 e. The van der Waals surface area contributed by atoms with Gasteiger partial charge in [0.2, 0.25) is 23.6 Å². The van der Waals surface area contributed by atoms with Crippen LogP contribution >= 0.6 is 0 Å². The van der Waals surface area contributed by atoms with Crippen LogP contribution < -0.4 is 55.3 Å². The number of anilines is 4. The van der Waals surface area contributed by atoms with Gasteiger partial charge in [0.25, 0.3) is 11.8 Å². The number of aromatic nitrogens is 3. The molecule has 552 valence electrons. The van der Waals surface area contributed by atoms with Gasteiger partial charge in [-0.2, -0.15) is 0 Å². The molecule has 2 aliphatic carbocycles. The van der Waals surface area contributed by atoms with E-state index in [-0.39, 0.29) is 102 Å². The van der Waals surface area contributed by atoms with Crippen molar-refractivity contribution in [3.05, 3.63) is 119 Å². The van der Waals surface area contributed by atoms with Gasteiger partial charge in [0, 0.05) is 98.7 Å². The second-order valence-electron chi connectivity index (χ2n) is 29.7. The average molecular weight is 1430 g/mol. The predicted molar refractivity (Wildman–Crippen MR) is 389 cm³/mol. The highest BCUT2D eigenvalue weighted by molar-refractivity contribution is 6.06. The van der Waals surface area contributed by atoms with Crippen molar-refractivity contribution in [1.29, 1.82) is 0 Å². The number of nitrogens with one attached hydrogen (secondary N) is 5. The number of para-hydroxylation sites is 1. The van der Waals surface area contributed by atoms with Gasteiger partial charge >= 0.3 is 6.09 Å². The molecule has 26 heteroatoms. The van der Waals surface area contributed by atoms with Crippen molar-refractivity contribution in [2.75, 3.05) is 74.0 Å². The first-order chi connectivity index (χ1) is 50.1. The number of benzene rings is 5. The molecule has 0 radical (unpaired) electrons. The number of unbranched alkanes of at least 4 members (excludes halogenated alkanes) is 3. The van der Waals surface area contributed by atoms with E-state index in [0.29, 0.717) is 98.6 Å². The number of fused-ring (bicyclic) bond motifs is 9. The monoisotopic (exact) mass is 1420 g/mol. The van der Waals surface area contributed by atoms with Crippen molar-refractivity contribution in [2.24, 2.45) is 16.7 Å². The molecule has 2 saturated carbocycles. The van der Waals surface area contributed by atoms with Crippen LogP contribution in [0.25, 0.3) is 22.5 Å². The lowest BCUT2D eigenvalue weighted by Gasteiger charge is -2.34. The maximum absolute atomic E-state index is 14.5. The van der Waals surface area contributed by atoms with Crippen LogP contribution in [0.15, 0.2) is 97.1 Å². The first-order valence-corrected chi connectivity index (χ1v) is 36.7. The standard InChI is InChI=1S/C78H96N12O14/c1-46(2)68(83-66(92)21-13-14-32-79-65(91)26-27-67(93)86-42-50-17-9-10-18-53(50)69-70(90(47(3)4)85-84-69)54-19-11-12-20-58(54)86)72(95)81-48(5)71(94)82-51-24-22-49(23-25-51)43-104-76(99)89-59-38-64(62(101-7)36-56(59)74(97)88-45-78(30-31-78)40-60(88)75(89)98)103-34-16-8-15-33-102-63-37-57-55(35-61(63)100-6)73(96)87-44-77(28-29-77)39-52(87)41-80-57/h9-12,17-20,22-25,35-38,46-48,52,60,67-68,75,80,93,98H,8,13-16,21,26-34,39-45H2,1-7H3,(H,79,91)(H,81,95)(H,82,94)(H,83,92)/t48-,52-,60-,67?,68-,75?/m0/s1. The second-order valence-corrected chi connectivity index (χ2v) is 29.7. The fraction of sp³-hybridized carbons (Fsp3) is 0.500. The van der Waals surface area contributed by atoms with Crippen LogP contribution in [0.4, 0.5) is 27.5 Å². The lowest BCUT2D eigenvalue weighted by Crippen LogP contribution is -2.53. The first kappa shape index (κ1) is 72.4. The van der Waals surface area contributed by atoms with Gasteiger partial charge in [0.15, 0.2) is 29.2 Å². The minimum atomic E-state index is -1.45. The summed E-state index contributed by atoms with van der Waals surface area (Å²) < 4.78 is 31.8. The lowest BCUT2D eigenvalue weighted by atomic mass is 9.95. The number of hydrogen-bond acceptors (Lipinski definition) is 18. The van der Waals surface area contributed by atoms with Gasteiger partial charge in [-0.25, -0.2) is 14.4 Å². The van der Waals surface area contributed by atoms with Gasteiger partial charge in [-0.3, -0.25) is 28.8 Å². The zero-order valence-corrected chi connectivity index (χ0v) is 60.3. The van der Waals surface area contributed by atoms with Crippen LogP contribution in [0.5, 0.6) is 23.0 Å². The molecule has 1 aromatic heterocycles. The molecule has 0 bridgehead atoms. The molecule has 2 saturated heterocycles. The number of aliphatic hydroxyl groups excluding tert-OH is 2. The van der Waals surface area contributed by atoms with E-state index in [1.807, 2.05) is 69.1 Å². The summed E-state index contributed by atoms with van der Waals surface area (Å²) in [7, 11) is 3.05. The molecule has 5 aliphatic heterocycles. The van der Waals surface area contributed by atoms with Crippen molar-refractivity contribution in [3.63, 3.8) is 0 Å². The maximum Gasteiger partial charge on any atom is 0.416 e. The van der Waals surface area contributed by atoms with Crippen molar-refractivity contribution in [3.8, 4) is 45.5 Å². The number of carbonyl (C=O) groups is 7. The van der Waals surface area contributed by atoms with Crippen molar-refractivity contribution in [1.82, 2.24) is 40.7 Å². The molecule has 5 aromatic carbocycles. The third-order valence-corrected chi connectivity index (χ3v) is 21.6. The summed E-state index contributed by atoms with van der Waals surface area (Å²) in [6, 6.07) is 26.7. The van der Waals surface area contributed by atoms with E-state index in [4.69, 9.17) is 23.7 Å². The summed E-state index contributed by atoms with van der Waals surface area (Å²) in [4.78, 5) is 103. The van der Waals surface area contributed by atoms with Crippen LogP contribution in [-0.2, 0) is 37.1 Å². The number of ether oxygens (including phenoxy) is 5. The summed E-state index contributed by atoms with van der Waals surface area (Å²) >= 11 is 0. The van der Waals surface area contributed by atoms with Crippen LogP contribution in [0.3, 0.4) is 0 Å². The number of nitrogens with zero attached hydrogens (tertiary/aromatic N) is 7. The largest absolute Gasteiger partial charge is 0.493 e. The van der Waals surface area contributed by atoms with Crippen LogP contribution in [0.2, 0.25) is 0 Å². The van der Waals surface area contributed by atoms with Crippen molar-refractivity contribution < 1.29 is 67.5 Å². The van der Waals surface area contributed by atoms with Crippen LogP contribution in [-0.4, -0.2) is 167 Å². The Morgan fingerprint density at radius 3 is 2.05 bits per heavy atom. The van der Waals surface area contributed by atoms with E-state index in [1.165, 1.54) is 26.9 Å². The molecule has 6 atom stereocenters. The van der Waals surface area contributed by atoms with Gasteiger partial charge in [-0.15, -0.1) is 5.10 Å². The Bertz CT molecular complexity index is 4210. The highest BCUT2D eigenvalue weighted by atomic mass is 16.6. The van der Waals surface area contributed by atoms with E-state index in [1.54, 1.807) is 68.3 Å². The molecule has 2 unspecified atom stereocenters. The molecule has 7 amide bonds. The third-order valence-electron chi connectivity index (χ3n) is 21.6. The summed E-state index contributed by atoms with van der Waals surface area (Å²) in [5.74, 6) is -0.678. The van der Waals surface area contributed by atoms with Gasteiger partial charge in [0.1, 0.15) is 30.6 Å². The van der Waals surface area contributed by atoms with Crippen molar-refractivity contribution in [2.45, 2.75) is 180 Å². The summed E-state index contributed by atoms with van der Waals surface area (Å²) in [6.45, 7) is 12.3. The van der Waals surface area contributed by atoms with Gasteiger partial charge < -0.3 is 75.2 Å². The van der Waals surface area contributed by atoms with Crippen LogP contribution in [0, 0.1) is 16.7 Å². The van der Waals surface area contributed by atoms with Crippen LogP contribution in [0.1, 0.15) is 162 Å². The quantitative estimate of drug-likeness (QED) is 0.0225. The van der Waals surface area contributed by atoms with E-state index in [0.717, 1.165) is 76.6 Å². The number of rotatable bonds is 28. The Labute approximate surface area is 605 Å². The van der Waals surface area contributed by atoms with Gasteiger partial charge in [0.05, 0.1) is 61.7 Å². The Balaban J connectivity index is 0.551. The third kappa shape index (κ3) is 15.5. The molecular formula is C78H96N12O14. The number of hydrogen-bond donors (Lipinski definition) is 7. The fourth-order valence-corrected chi connectivity index (χ4v) is 15.3. The molecule has 4 fully saturated rings. The number of aliphatic hydroxyl groups is 2. The number of methoxy groups -OCH3 is 2. The zero-order valence-electron chi connectivity index (χ0n) is 60.3. The Morgan fingerprint density at radius 1 is 0.683 bits per heavy atom. The van der Waals surface area contributed by atoms with E-state index < -0.39 is 48.5 Å². The van der Waals surface area contributed by atoms with E-state index >= 15 is 0 Å². The zero-order chi connectivity index (χ0) is 73.1. The average Bonchev–Trinajstić information content (AvgIpc) is 1.57. The Kier molecular flexibility index (Phi) is 21.4. The highest BCUT2D eigenvalue weighted by Gasteiger charge is 2.58. The summed E-state index contributed by atoms with van der Waals surface area (Å²) in [6.07, 6.45) is 5.70. The second kappa shape index (κ2) is 30.8. The highest BCUT2D eigenvalue weighted by Crippen LogP contribution is 2.58. The topological polar surface area (TPSA) is 310 Å². The molecule has 104 heavy (non-hydrogen) atoms. The minimum Gasteiger partial charge on any atom is -0.493 e. The molecule has 6 heterocycles. The fourth-order valence-electron chi connectivity index (χ4n) is 15.3. The summed E-state index contributed by atoms with van der Waals surface area (Å²) in [5.41, 5.74) is 7.97. The molecule has 6 aromatic rings. The normalized spacial score (nSPS) is 19.2. The van der Waals surface area contributed by atoms with Gasteiger partial charge in [-0.1, -0.05) is 73.7 Å². The molecule has 13 rings (SSSR count). The van der Waals surface area contributed by atoms with E-state index in [2.05, 4.69) is 50.7 Å². The Hall–Kier alpha value is -9.95. The lowest BCUT2D eigenvalue weighted by molar-refractivity contribution is -0.131. The maximum atomic E-state index is 14.5. The first-order valence-electron chi connectivity index (χ1n) is 36.7. The molecule has 7 N–H and O–H groups in total. The number of amides is 7. The molecule has 2 spiro atoms. The molecule has 26 nitrogen and oxygen atoms in total. The van der Waals surface area contributed by atoms with Crippen molar-refractivity contribution >= 4 is 64.3 Å². The number of carbonyl (C=O) groups excluding carboxylic acids is 7.